The van der Waals surface area contributed by atoms with Crippen molar-refractivity contribution in [2.75, 3.05) is 26.4 Å². The van der Waals surface area contributed by atoms with Crippen molar-refractivity contribution in [3.63, 3.8) is 0 Å². The van der Waals surface area contributed by atoms with Crippen molar-refractivity contribution < 1.29 is 27.2 Å². The van der Waals surface area contributed by atoms with Gasteiger partial charge in [0.05, 0.1) is 31.8 Å². The lowest BCUT2D eigenvalue weighted by Gasteiger charge is -2.46. The molecule has 6 nitrogen and oxygen atoms in total. The highest BCUT2D eigenvalue weighted by Crippen LogP contribution is 2.72. The Morgan fingerprint density at radius 2 is 0.402 bits per heavy atom. The summed E-state index contributed by atoms with van der Waals surface area (Å²) in [4.78, 5) is 0. The highest BCUT2D eigenvalue weighted by molar-refractivity contribution is 7.55. The Labute approximate surface area is 534 Å². The van der Waals surface area contributed by atoms with Gasteiger partial charge in [0.15, 0.2) is 0 Å². The van der Waals surface area contributed by atoms with Gasteiger partial charge >= 0.3 is 15.2 Å². The van der Waals surface area contributed by atoms with Crippen LogP contribution in [0.2, 0.25) is 0 Å². The summed E-state index contributed by atoms with van der Waals surface area (Å²) in [5, 5.41) is 0. The Bertz CT molecular complexity index is 2450. The Balaban J connectivity index is 1.61. The number of hydrogen-bond acceptors (Lipinski definition) is 6. The van der Waals surface area contributed by atoms with E-state index in [-0.39, 0.29) is 26.4 Å². The molecule has 0 aliphatic carbocycles. The summed E-state index contributed by atoms with van der Waals surface area (Å²) >= 11 is 0. The second-order valence-corrected chi connectivity index (χ2v) is 37.2. The third kappa shape index (κ3) is 20.1. The van der Waals surface area contributed by atoms with Crippen LogP contribution in [0.5, 0.6) is 0 Å². The van der Waals surface area contributed by atoms with Crippen LogP contribution < -0.4 is 0 Å². The molecule has 4 aromatic rings. The van der Waals surface area contributed by atoms with E-state index >= 15 is 9.13 Å². The van der Waals surface area contributed by atoms with E-state index in [2.05, 4.69) is 215 Å². The Morgan fingerprint density at radius 1 is 0.264 bits per heavy atom. The summed E-state index contributed by atoms with van der Waals surface area (Å²) < 4.78 is 63.4. The molecule has 87 heavy (non-hydrogen) atoms. The maximum atomic E-state index is 17.2. The molecule has 0 saturated carbocycles. The largest absolute Gasteiger partial charge is 0.342 e. The third-order valence-electron chi connectivity index (χ3n) is 17.2. The van der Waals surface area contributed by atoms with Crippen LogP contribution in [0, 0.1) is 76.4 Å². The van der Waals surface area contributed by atoms with Crippen molar-refractivity contribution in [3.8, 4) is 0 Å². The fraction of sp³-hybridized carbons (Fsp3) is 0.696. The number of hydrogen-bond donors (Lipinski definition) is 0. The summed E-state index contributed by atoms with van der Waals surface area (Å²) in [5.41, 5.74) is 17.9. The average molecular weight is 1230 g/mol. The molecule has 0 N–H and O–H groups in total. The van der Waals surface area contributed by atoms with E-state index in [4.69, 9.17) is 18.1 Å². The molecule has 0 atom stereocenters. The van der Waals surface area contributed by atoms with Gasteiger partial charge in [0, 0.05) is 0 Å². The summed E-state index contributed by atoms with van der Waals surface area (Å²) in [7, 11) is -8.13. The molecule has 488 valence electrons. The molecule has 0 bridgehead atoms. The van der Waals surface area contributed by atoms with Crippen molar-refractivity contribution in [2.45, 2.75) is 255 Å². The predicted molar refractivity (Wildman–Crippen MR) is 373 cm³/mol. The Hall–Kier alpha value is -2.82. The van der Waals surface area contributed by atoms with E-state index in [0.29, 0.717) is 71.0 Å². The van der Waals surface area contributed by atoms with Crippen LogP contribution in [0.15, 0.2) is 48.5 Å². The van der Waals surface area contributed by atoms with E-state index in [1.54, 1.807) is 0 Å². The lowest BCUT2D eigenvalue weighted by molar-refractivity contribution is -0.0704. The maximum Gasteiger partial charge on any atom is 0.342 e. The van der Waals surface area contributed by atoms with E-state index in [1.165, 1.54) is 66.8 Å². The molecule has 2 fully saturated rings. The van der Waals surface area contributed by atoms with Gasteiger partial charge in [-0.3, -0.25) is 9.13 Å². The molecule has 0 aromatic heterocycles. The molecule has 2 saturated heterocycles. The van der Waals surface area contributed by atoms with Crippen molar-refractivity contribution in [2.24, 2.45) is 76.4 Å². The molecular formula is C79H126O6P2. The first kappa shape index (κ1) is 73.2. The zero-order valence-electron chi connectivity index (χ0n) is 59.9. The van der Waals surface area contributed by atoms with Gasteiger partial charge in [-0.25, -0.2) is 0 Å². The van der Waals surface area contributed by atoms with Gasteiger partial charge < -0.3 is 18.1 Å². The number of rotatable bonds is 30. The molecule has 0 radical (unpaired) electrons. The molecule has 0 amide bonds. The molecular weight excluding hydrogens is 1110 g/mol. The van der Waals surface area contributed by atoms with Crippen molar-refractivity contribution in [1.29, 1.82) is 0 Å². The first-order chi connectivity index (χ1) is 40.6. The van der Waals surface area contributed by atoms with Crippen molar-refractivity contribution in [1.82, 2.24) is 0 Å². The predicted octanol–water partition coefficient (Wildman–Crippen LogP) is 22.4. The minimum atomic E-state index is -4.06. The molecule has 2 heterocycles. The molecule has 4 aromatic carbocycles. The highest BCUT2D eigenvalue weighted by atomic mass is 31.2. The quantitative estimate of drug-likeness (QED) is 0.0485. The monoisotopic (exact) mass is 1230 g/mol. The first-order valence-corrected chi connectivity index (χ1v) is 38.2. The van der Waals surface area contributed by atoms with Crippen molar-refractivity contribution >= 4 is 15.2 Å². The zero-order chi connectivity index (χ0) is 64.6. The minimum absolute atomic E-state index is 0.0998. The molecule has 2 aliphatic rings. The van der Waals surface area contributed by atoms with E-state index in [1.807, 2.05) is 0 Å². The third-order valence-corrected chi connectivity index (χ3v) is 21.4. The second-order valence-electron chi connectivity index (χ2n) is 33.0. The van der Waals surface area contributed by atoms with Gasteiger partial charge in [0.2, 0.25) is 0 Å². The molecule has 6 rings (SSSR count). The van der Waals surface area contributed by atoms with Crippen LogP contribution in [0.4, 0.5) is 0 Å². The maximum absolute atomic E-state index is 17.2. The SMILES string of the molecule is CC(C)Cc1cc(CC(C)C)c(C(c2c(CC(C)C)cc(CC(C)C)cc2CC(C)C)P2(=O)OCC3(CO2)COP(=O)(C(c2c(CC(C)C)cc(CC(C)C)cc2CC(C)C)c2c(CC(C)C)cc(CC(C)C)cc2CC(C)C)OC3)c(CC(C)C)c1. The summed E-state index contributed by atoms with van der Waals surface area (Å²) in [6.07, 6.45) is 10.7. The smallest absolute Gasteiger partial charge is 0.307 e. The standard InChI is InChI=1S/C79H126O6P2/c1-49(2)25-61-37-65(29-53(9)10)73(66(38-61)30-54(11)12)77(74-67(31-55(13)14)39-62(26-50(3)4)40-68(74)32-56(15)16)86(80)82-45-79(46-83-86)47-84-87(81,85-48-79)78(75-69(33-57(17)18)41-63(27-51(5)6)42-70(75)34-58(19)20)76-71(35-59(21)22)43-64(28-52(7)8)44-72(76)36-60(23)24/h37-44,49-60,77-78H,25-36,45-48H2,1-24H3. The van der Waals surface area contributed by atoms with Gasteiger partial charge in [0.25, 0.3) is 0 Å². The van der Waals surface area contributed by atoms with Crippen LogP contribution in [0.1, 0.15) is 267 Å². The highest BCUT2D eigenvalue weighted by Gasteiger charge is 2.56. The normalized spacial score (nSPS) is 19.7. The van der Waals surface area contributed by atoms with Crippen LogP contribution >= 0.6 is 15.2 Å². The van der Waals surface area contributed by atoms with Crippen molar-refractivity contribution in [3.05, 3.63) is 138 Å². The van der Waals surface area contributed by atoms with E-state index < -0.39 is 31.9 Å². The minimum Gasteiger partial charge on any atom is -0.307 e. The van der Waals surface area contributed by atoms with Gasteiger partial charge in [-0.05, 0) is 237 Å². The second kappa shape index (κ2) is 31.7. The van der Waals surface area contributed by atoms with Crippen LogP contribution in [-0.2, 0) is 104 Å². The molecule has 0 unspecified atom stereocenters. The number of benzene rings is 4. The topological polar surface area (TPSA) is 71.1 Å². The molecule has 8 heteroatoms. The fourth-order valence-corrected chi connectivity index (χ4v) is 19.6. The lowest BCUT2D eigenvalue weighted by Crippen LogP contribution is -2.46. The summed E-state index contributed by atoms with van der Waals surface area (Å²) in [6.45, 7) is 55.9. The van der Waals surface area contributed by atoms with Crippen LogP contribution in [-0.4, -0.2) is 26.4 Å². The molecule has 2 aliphatic heterocycles. The lowest BCUT2D eigenvalue weighted by atomic mass is 9.80. The van der Waals surface area contributed by atoms with Gasteiger partial charge in [-0.2, -0.15) is 0 Å². The summed E-state index contributed by atoms with van der Waals surface area (Å²) in [5.74, 6) is 4.82. The Kier molecular flexibility index (Phi) is 26.7. The zero-order valence-corrected chi connectivity index (χ0v) is 61.6. The first-order valence-electron chi connectivity index (χ1n) is 35.0. The van der Waals surface area contributed by atoms with E-state index in [9.17, 15) is 0 Å². The summed E-state index contributed by atoms with van der Waals surface area (Å²) in [6, 6.07) is 19.6. The molecule has 1 spiro atoms. The fourth-order valence-electron chi connectivity index (χ4n) is 14.5. The van der Waals surface area contributed by atoms with Gasteiger partial charge in [-0.15, -0.1) is 0 Å². The van der Waals surface area contributed by atoms with Gasteiger partial charge in [-0.1, -0.05) is 215 Å². The average Bonchev–Trinajstić information content (AvgIpc) is 1.40. The van der Waals surface area contributed by atoms with Gasteiger partial charge in [0.1, 0.15) is 11.3 Å². The van der Waals surface area contributed by atoms with Crippen LogP contribution in [0.25, 0.3) is 0 Å². The Morgan fingerprint density at radius 3 is 0.529 bits per heavy atom. The van der Waals surface area contributed by atoms with Crippen LogP contribution in [0.3, 0.4) is 0 Å². The van der Waals surface area contributed by atoms with E-state index in [0.717, 1.165) is 99.3 Å².